The summed E-state index contributed by atoms with van der Waals surface area (Å²) in [5, 5.41) is 6.87. The second-order valence-corrected chi connectivity index (χ2v) is 11.4. The number of sulfonamides is 1. The molecule has 0 saturated carbocycles. The molecule has 0 saturated heterocycles. The minimum Gasteiger partial charge on any atom is -0.358 e. The fourth-order valence-corrected chi connectivity index (χ4v) is 7.09. The van der Waals surface area contributed by atoms with Crippen LogP contribution in [-0.4, -0.2) is 41.8 Å². The van der Waals surface area contributed by atoms with Gasteiger partial charge in [0.05, 0.1) is 17.1 Å². The summed E-state index contributed by atoms with van der Waals surface area (Å²) in [6.07, 6.45) is 0. The molecule has 2 aliphatic heterocycles. The number of nitrogens with zero attached hydrogens (tertiary/aromatic N) is 3. The van der Waals surface area contributed by atoms with Gasteiger partial charge in [-0.1, -0.05) is 18.2 Å². The molecule has 0 bridgehead atoms. The van der Waals surface area contributed by atoms with E-state index in [4.69, 9.17) is 0 Å². The lowest BCUT2D eigenvalue weighted by Gasteiger charge is -2.22. The summed E-state index contributed by atoms with van der Waals surface area (Å²) in [6.45, 7) is 2.38. The van der Waals surface area contributed by atoms with Gasteiger partial charge in [0, 0.05) is 44.5 Å². The number of rotatable bonds is 3. The van der Waals surface area contributed by atoms with E-state index in [0.29, 0.717) is 22.4 Å². The number of amides is 1. The summed E-state index contributed by atoms with van der Waals surface area (Å²) < 4.78 is 27.5. The molecule has 1 amide bonds. The highest BCUT2D eigenvalue weighted by Crippen LogP contribution is 2.42. The van der Waals surface area contributed by atoms with Crippen LogP contribution in [0.5, 0.6) is 0 Å². The first kappa shape index (κ1) is 20.5. The number of para-hydroxylation sites is 1. The highest BCUT2D eigenvalue weighted by atomic mass is 32.2. The average molecular weight is 496 g/mol. The third-order valence-corrected chi connectivity index (χ3v) is 8.67. The average Bonchev–Trinajstić information content (AvgIpc) is 3.46. The molecule has 0 radical (unpaired) electrons. The monoisotopic (exact) mass is 495 g/mol. The molecule has 0 aliphatic carbocycles. The number of aromatic nitrogens is 2. The van der Waals surface area contributed by atoms with Crippen LogP contribution in [0.4, 0.5) is 10.8 Å². The Balaban J connectivity index is 1.25. The molecule has 2 aromatic carbocycles. The predicted octanol–water partition coefficient (Wildman–Crippen LogP) is 4.46. The molecule has 166 valence electrons. The second kappa shape index (κ2) is 7.44. The van der Waals surface area contributed by atoms with E-state index in [1.807, 2.05) is 41.5 Å². The molecule has 2 N–H and O–H groups in total. The van der Waals surface area contributed by atoms with Crippen LogP contribution in [0.2, 0.25) is 0 Å². The molecule has 33 heavy (non-hydrogen) atoms. The van der Waals surface area contributed by atoms with Gasteiger partial charge in [-0.2, -0.15) is 0 Å². The van der Waals surface area contributed by atoms with E-state index >= 15 is 0 Å². The maximum Gasteiger partial charge on any atom is 0.257 e. The number of thioether (sulfide) groups is 1. The Hall–Kier alpha value is -3.15. The van der Waals surface area contributed by atoms with E-state index in [1.54, 1.807) is 12.1 Å². The largest absolute Gasteiger partial charge is 0.358 e. The number of hydrogen-bond donors (Lipinski definition) is 2. The minimum atomic E-state index is -3.42. The molecular weight excluding hydrogens is 478 g/mol. The molecule has 11 heteroatoms. The number of aryl methyl sites for hydroxylation is 1. The number of H-pyrrole nitrogens is 1. The lowest BCUT2D eigenvalue weighted by atomic mass is 10.1. The second-order valence-electron chi connectivity index (χ2n) is 7.76. The molecule has 0 unspecified atom stereocenters. The van der Waals surface area contributed by atoms with Crippen molar-refractivity contribution >= 4 is 65.9 Å². The number of anilines is 2. The van der Waals surface area contributed by atoms with Gasteiger partial charge in [-0.25, -0.2) is 13.4 Å². The van der Waals surface area contributed by atoms with Gasteiger partial charge in [0.15, 0.2) is 10.3 Å². The third-order valence-electron chi connectivity index (χ3n) is 5.61. The molecule has 4 aromatic rings. The summed E-state index contributed by atoms with van der Waals surface area (Å²) in [7, 11) is -3.42. The van der Waals surface area contributed by atoms with Crippen molar-refractivity contribution < 1.29 is 13.2 Å². The van der Waals surface area contributed by atoms with E-state index < -0.39 is 10.0 Å². The molecule has 2 aliphatic rings. The lowest BCUT2D eigenvalue weighted by Crippen LogP contribution is -2.35. The zero-order chi connectivity index (χ0) is 22.7. The zero-order valence-corrected chi connectivity index (χ0v) is 19.8. The van der Waals surface area contributed by atoms with Crippen LogP contribution in [0.1, 0.15) is 16.1 Å². The van der Waals surface area contributed by atoms with Crippen molar-refractivity contribution in [3.63, 3.8) is 0 Å². The number of hydrogen-bond acceptors (Lipinski definition) is 7. The van der Waals surface area contributed by atoms with Crippen molar-refractivity contribution in [3.05, 3.63) is 59.1 Å². The first-order valence-corrected chi connectivity index (χ1v) is 13.5. The van der Waals surface area contributed by atoms with Crippen LogP contribution in [0.3, 0.4) is 0 Å². The van der Waals surface area contributed by atoms with Crippen LogP contribution >= 0.6 is 23.1 Å². The summed E-state index contributed by atoms with van der Waals surface area (Å²) in [6, 6.07) is 13.4. The number of amidine groups is 1. The topological polar surface area (TPSA) is 108 Å². The SMILES string of the molecule is Cc1[nH]c2ccccc2c1-c1csc(NC(=O)c2ccc3c(c2)SC2=NS(=O)(=O)CCN23)n1. The maximum absolute atomic E-state index is 12.9. The molecular formula is C22H17N5O3S3. The number of thiazole rings is 1. The van der Waals surface area contributed by atoms with E-state index in [-0.39, 0.29) is 11.7 Å². The number of benzene rings is 2. The Kier molecular flexibility index (Phi) is 4.61. The molecule has 6 rings (SSSR count). The van der Waals surface area contributed by atoms with E-state index in [0.717, 1.165) is 38.4 Å². The van der Waals surface area contributed by atoms with Gasteiger partial charge in [-0.15, -0.1) is 15.7 Å². The van der Waals surface area contributed by atoms with Crippen LogP contribution in [0.25, 0.3) is 22.2 Å². The van der Waals surface area contributed by atoms with Gasteiger partial charge in [-0.05, 0) is 43.0 Å². The van der Waals surface area contributed by atoms with Gasteiger partial charge >= 0.3 is 0 Å². The normalized spacial score (nSPS) is 16.4. The predicted molar refractivity (Wildman–Crippen MR) is 133 cm³/mol. The summed E-state index contributed by atoms with van der Waals surface area (Å²) in [5.41, 5.74) is 5.26. The van der Waals surface area contributed by atoms with Gasteiger partial charge in [-0.3, -0.25) is 10.1 Å². The lowest BCUT2D eigenvalue weighted by molar-refractivity contribution is 0.102. The van der Waals surface area contributed by atoms with Crippen LogP contribution in [-0.2, 0) is 10.0 Å². The van der Waals surface area contributed by atoms with Crippen LogP contribution in [0.15, 0.2) is 57.1 Å². The highest BCUT2D eigenvalue weighted by molar-refractivity contribution is 8.15. The molecule has 8 nitrogen and oxygen atoms in total. The Morgan fingerprint density at radius 2 is 2.06 bits per heavy atom. The van der Waals surface area contributed by atoms with Crippen molar-refractivity contribution in [1.82, 2.24) is 9.97 Å². The van der Waals surface area contributed by atoms with Gasteiger partial charge in [0.2, 0.25) is 0 Å². The molecule has 0 atom stereocenters. The van der Waals surface area contributed by atoms with Gasteiger partial charge in [0.25, 0.3) is 15.9 Å². The first-order chi connectivity index (χ1) is 15.9. The maximum atomic E-state index is 12.9. The van der Waals surface area contributed by atoms with Crippen molar-refractivity contribution in [2.24, 2.45) is 4.40 Å². The smallest absolute Gasteiger partial charge is 0.257 e. The van der Waals surface area contributed by atoms with Crippen molar-refractivity contribution in [3.8, 4) is 11.3 Å². The first-order valence-electron chi connectivity index (χ1n) is 10.1. The highest BCUT2D eigenvalue weighted by Gasteiger charge is 2.33. The van der Waals surface area contributed by atoms with Crippen LogP contribution in [0, 0.1) is 6.92 Å². The van der Waals surface area contributed by atoms with E-state index in [2.05, 4.69) is 25.7 Å². The standard InChI is InChI=1S/C22H17N5O3S3/c1-12-19(14-4-2-3-5-15(14)23-12)16-11-31-21(24-16)25-20(28)13-6-7-17-18(10-13)32-22-26-33(29,30)9-8-27(17)22/h2-7,10-11,23H,8-9H2,1H3,(H,24,25,28). The van der Waals surface area contributed by atoms with Crippen molar-refractivity contribution in [2.45, 2.75) is 11.8 Å². The van der Waals surface area contributed by atoms with Crippen LogP contribution < -0.4 is 10.2 Å². The summed E-state index contributed by atoms with van der Waals surface area (Å²) in [5.74, 6) is -0.282. The summed E-state index contributed by atoms with van der Waals surface area (Å²) in [4.78, 5) is 23.6. The fourth-order valence-electron chi connectivity index (χ4n) is 4.09. The Morgan fingerprint density at radius 3 is 2.94 bits per heavy atom. The van der Waals surface area contributed by atoms with Gasteiger partial charge in [0.1, 0.15) is 0 Å². The van der Waals surface area contributed by atoms with E-state index in [1.165, 1.54) is 23.1 Å². The number of nitrogens with one attached hydrogen (secondary N) is 2. The van der Waals surface area contributed by atoms with Gasteiger partial charge < -0.3 is 9.88 Å². The number of aromatic amines is 1. The molecule has 4 heterocycles. The fraction of sp³-hybridized carbons (Fsp3) is 0.136. The summed E-state index contributed by atoms with van der Waals surface area (Å²) >= 11 is 2.64. The molecule has 0 spiro atoms. The number of carbonyl (C=O) groups excluding carboxylic acids is 1. The number of carbonyl (C=O) groups is 1. The van der Waals surface area contributed by atoms with Crippen molar-refractivity contribution in [1.29, 1.82) is 0 Å². The Bertz CT molecular complexity index is 1590. The molecule has 2 aromatic heterocycles. The molecule has 0 fully saturated rings. The zero-order valence-electron chi connectivity index (χ0n) is 17.3. The third kappa shape index (κ3) is 3.52. The van der Waals surface area contributed by atoms with E-state index in [9.17, 15) is 13.2 Å². The van der Waals surface area contributed by atoms with Crippen molar-refractivity contribution in [2.75, 3.05) is 22.5 Å². The number of fused-ring (bicyclic) bond motifs is 4. The quantitative estimate of drug-likeness (QED) is 0.434. The Labute approximate surface area is 197 Å². The Morgan fingerprint density at radius 1 is 1.21 bits per heavy atom. The minimum absolute atomic E-state index is 0.0129.